The number of nitrogens with two attached hydrogens (primary N) is 1. The molecule has 0 aromatic rings. The SMILES string of the molecule is CC(C/C(N)=N/O)N1CCCC(O)C1. The minimum atomic E-state index is -0.224. The van der Waals surface area contributed by atoms with Gasteiger partial charge in [-0.2, -0.15) is 0 Å². The predicted octanol–water partition coefficient (Wildman–Crippen LogP) is -0.0319. The number of amidine groups is 1. The van der Waals surface area contributed by atoms with Gasteiger partial charge >= 0.3 is 0 Å². The first-order valence-electron chi connectivity index (χ1n) is 5.02. The first-order chi connectivity index (χ1) is 6.63. The topological polar surface area (TPSA) is 82.1 Å². The molecule has 4 N–H and O–H groups in total. The average molecular weight is 201 g/mol. The molecular formula is C9H19N3O2. The molecule has 1 saturated heterocycles. The number of aliphatic hydroxyl groups is 1. The number of hydrogen-bond acceptors (Lipinski definition) is 4. The summed E-state index contributed by atoms with van der Waals surface area (Å²) < 4.78 is 0. The standard InChI is InChI=1S/C9H19N3O2/c1-7(5-9(10)11-14)12-4-2-3-8(13)6-12/h7-8,13-14H,2-6H2,1H3,(H2,10,11). The summed E-state index contributed by atoms with van der Waals surface area (Å²) in [5, 5.41) is 20.8. The van der Waals surface area contributed by atoms with E-state index in [1.54, 1.807) is 0 Å². The van der Waals surface area contributed by atoms with E-state index in [9.17, 15) is 5.11 Å². The Kier molecular flexibility index (Phi) is 4.16. The van der Waals surface area contributed by atoms with Gasteiger partial charge in [0.15, 0.2) is 0 Å². The van der Waals surface area contributed by atoms with Crippen LogP contribution in [0.15, 0.2) is 5.16 Å². The number of oxime groups is 1. The highest BCUT2D eigenvalue weighted by Gasteiger charge is 2.22. The van der Waals surface area contributed by atoms with Gasteiger partial charge in [-0.3, -0.25) is 4.90 Å². The quantitative estimate of drug-likeness (QED) is 0.259. The van der Waals surface area contributed by atoms with Crippen LogP contribution in [0.1, 0.15) is 26.2 Å². The molecule has 0 amide bonds. The number of piperidine rings is 1. The van der Waals surface area contributed by atoms with Crippen LogP contribution in [0.3, 0.4) is 0 Å². The van der Waals surface area contributed by atoms with Crippen LogP contribution in [0.25, 0.3) is 0 Å². The number of aliphatic hydroxyl groups excluding tert-OH is 1. The van der Waals surface area contributed by atoms with Gasteiger partial charge in [0.1, 0.15) is 5.84 Å². The number of hydrogen-bond donors (Lipinski definition) is 3. The van der Waals surface area contributed by atoms with Gasteiger partial charge in [-0.15, -0.1) is 0 Å². The molecule has 82 valence electrons. The Labute approximate surface area is 84.2 Å². The number of β-amino-alcohol motifs (C(OH)–C–C–N with tert-alkyl or cyclic N) is 1. The molecule has 0 aromatic carbocycles. The van der Waals surface area contributed by atoms with Crippen LogP contribution in [-0.2, 0) is 0 Å². The van der Waals surface area contributed by atoms with Crippen molar-refractivity contribution in [2.75, 3.05) is 13.1 Å². The second-order valence-electron chi connectivity index (χ2n) is 3.94. The van der Waals surface area contributed by atoms with Crippen molar-refractivity contribution in [3.8, 4) is 0 Å². The first-order valence-corrected chi connectivity index (χ1v) is 5.02. The molecule has 1 fully saturated rings. The fraction of sp³-hybridized carbons (Fsp3) is 0.889. The van der Waals surface area contributed by atoms with E-state index < -0.39 is 0 Å². The number of likely N-dealkylation sites (tertiary alicyclic amines) is 1. The highest BCUT2D eigenvalue weighted by Crippen LogP contribution is 2.14. The monoisotopic (exact) mass is 201 g/mol. The summed E-state index contributed by atoms with van der Waals surface area (Å²) in [6.07, 6.45) is 2.22. The lowest BCUT2D eigenvalue weighted by molar-refractivity contribution is 0.0520. The minimum Gasteiger partial charge on any atom is -0.409 e. The van der Waals surface area contributed by atoms with Gasteiger partial charge in [-0.1, -0.05) is 5.16 Å². The molecule has 2 unspecified atom stereocenters. The van der Waals surface area contributed by atoms with Crippen molar-refractivity contribution in [1.29, 1.82) is 0 Å². The van der Waals surface area contributed by atoms with Crippen molar-refractivity contribution in [3.05, 3.63) is 0 Å². The van der Waals surface area contributed by atoms with Crippen molar-refractivity contribution in [3.63, 3.8) is 0 Å². The molecule has 0 aromatic heterocycles. The molecule has 14 heavy (non-hydrogen) atoms. The number of nitrogens with zero attached hydrogens (tertiary/aromatic N) is 2. The summed E-state index contributed by atoms with van der Waals surface area (Å²) in [4.78, 5) is 2.17. The van der Waals surface area contributed by atoms with Crippen LogP contribution in [0, 0.1) is 0 Å². The summed E-state index contributed by atoms with van der Waals surface area (Å²) in [6.45, 7) is 3.70. The van der Waals surface area contributed by atoms with Gasteiger partial charge < -0.3 is 16.0 Å². The van der Waals surface area contributed by atoms with Crippen molar-refractivity contribution >= 4 is 5.84 Å². The van der Waals surface area contributed by atoms with Crippen LogP contribution in [-0.4, -0.2) is 46.3 Å². The smallest absolute Gasteiger partial charge is 0.140 e. The zero-order valence-corrected chi connectivity index (χ0v) is 8.56. The molecule has 2 atom stereocenters. The average Bonchev–Trinajstić information content (AvgIpc) is 2.17. The highest BCUT2D eigenvalue weighted by molar-refractivity contribution is 5.80. The Morgan fingerprint density at radius 3 is 3.00 bits per heavy atom. The van der Waals surface area contributed by atoms with E-state index in [1.165, 1.54) is 0 Å². The maximum Gasteiger partial charge on any atom is 0.140 e. The Bertz CT molecular complexity index is 208. The lowest BCUT2D eigenvalue weighted by Gasteiger charge is -2.34. The van der Waals surface area contributed by atoms with Crippen LogP contribution in [0.5, 0.6) is 0 Å². The van der Waals surface area contributed by atoms with Crippen molar-refractivity contribution in [1.82, 2.24) is 4.90 Å². The third-order valence-electron chi connectivity index (χ3n) is 2.68. The van der Waals surface area contributed by atoms with Crippen LogP contribution < -0.4 is 5.73 Å². The van der Waals surface area contributed by atoms with Gasteiger partial charge in [0.05, 0.1) is 6.10 Å². The van der Waals surface area contributed by atoms with Crippen LogP contribution in [0.4, 0.5) is 0 Å². The molecule has 0 saturated carbocycles. The third-order valence-corrected chi connectivity index (χ3v) is 2.68. The van der Waals surface area contributed by atoms with Crippen LogP contribution >= 0.6 is 0 Å². The third kappa shape index (κ3) is 3.16. The van der Waals surface area contributed by atoms with Crippen molar-refractivity contribution < 1.29 is 10.3 Å². The molecule has 5 nitrogen and oxygen atoms in total. The van der Waals surface area contributed by atoms with E-state index in [0.717, 1.165) is 19.4 Å². The molecule has 1 aliphatic rings. The van der Waals surface area contributed by atoms with E-state index in [1.807, 2.05) is 6.92 Å². The van der Waals surface area contributed by atoms with Gasteiger partial charge in [-0.05, 0) is 26.3 Å². The zero-order valence-electron chi connectivity index (χ0n) is 8.56. The lowest BCUT2D eigenvalue weighted by Crippen LogP contribution is -2.44. The molecule has 1 aliphatic heterocycles. The second kappa shape index (κ2) is 5.17. The summed E-state index contributed by atoms with van der Waals surface area (Å²) in [5.74, 6) is 0.248. The Morgan fingerprint density at radius 2 is 2.43 bits per heavy atom. The van der Waals surface area contributed by atoms with E-state index in [-0.39, 0.29) is 18.0 Å². The molecule has 0 radical (unpaired) electrons. The molecule has 0 bridgehead atoms. The van der Waals surface area contributed by atoms with E-state index in [0.29, 0.717) is 13.0 Å². The largest absolute Gasteiger partial charge is 0.409 e. The highest BCUT2D eigenvalue weighted by atomic mass is 16.4. The molecule has 0 spiro atoms. The Balaban J connectivity index is 2.39. The molecule has 5 heteroatoms. The maximum absolute atomic E-state index is 9.47. The molecule has 1 heterocycles. The number of rotatable bonds is 3. The minimum absolute atomic E-state index is 0.223. The van der Waals surface area contributed by atoms with Gasteiger partial charge in [0, 0.05) is 19.0 Å². The predicted molar refractivity (Wildman–Crippen MR) is 54.3 cm³/mol. The summed E-state index contributed by atoms with van der Waals surface area (Å²) in [7, 11) is 0. The van der Waals surface area contributed by atoms with E-state index in [4.69, 9.17) is 10.9 Å². The van der Waals surface area contributed by atoms with E-state index >= 15 is 0 Å². The maximum atomic E-state index is 9.47. The molecule has 1 rings (SSSR count). The zero-order chi connectivity index (χ0) is 10.6. The summed E-state index contributed by atoms with van der Waals surface area (Å²) in [6, 6.07) is 0.223. The fourth-order valence-electron chi connectivity index (χ4n) is 1.86. The lowest BCUT2D eigenvalue weighted by atomic mass is 10.0. The normalized spacial score (nSPS) is 27.6. The molecular weight excluding hydrogens is 182 g/mol. The molecule has 0 aliphatic carbocycles. The van der Waals surface area contributed by atoms with Crippen LogP contribution in [0.2, 0.25) is 0 Å². The Hall–Kier alpha value is -0.810. The van der Waals surface area contributed by atoms with Crippen molar-refractivity contribution in [2.45, 2.75) is 38.3 Å². The van der Waals surface area contributed by atoms with Gasteiger partial charge in [0.25, 0.3) is 0 Å². The van der Waals surface area contributed by atoms with Gasteiger partial charge in [0.2, 0.25) is 0 Å². The second-order valence-corrected chi connectivity index (χ2v) is 3.94. The van der Waals surface area contributed by atoms with E-state index in [2.05, 4.69) is 10.1 Å². The fourth-order valence-corrected chi connectivity index (χ4v) is 1.86. The summed E-state index contributed by atoms with van der Waals surface area (Å²) >= 11 is 0. The first kappa shape index (κ1) is 11.3. The van der Waals surface area contributed by atoms with Gasteiger partial charge in [-0.25, -0.2) is 0 Å². The summed E-state index contributed by atoms with van der Waals surface area (Å²) in [5.41, 5.74) is 5.43. The van der Waals surface area contributed by atoms with Crippen molar-refractivity contribution in [2.24, 2.45) is 10.9 Å². The Morgan fingerprint density at radius 1 is 1.71 bits per heavy atom.